The molecule has 7 heteroatoms. The van der Waals surface area contributed by atoms with E-state index in [1.807, 2.05) is 68.4 Å². The number of hydrogen-bond acceptors (Lipinski definition) is 6. The second kappa shape index (κ2) is 11.7. The maximum Gasteiger partial charge on any atom is 0.334 e. The van der Waals surface area contributed by atoms with Crippen LogP contribution in [0, 0.1) is 6.92 Å². The molecule has 1 aliphatic rings. The Labute approximate surface area is 200 Å². The molecule has 2 aromatic carbocycles. The zero-order chi connectivity index (χ0) is 22.3. The Bertz CT molecular complexity index is 1110. The van der Waals surface area contributed by atoms with Gasteiger partial charge in [-0.1, -0.05) is 30.3 Å². The average Bonchev–Trinajstić information content (AvgIpc) is 3.20. The highest BCUT2D eigenvalue weighted by Crippen LogP contribution is 2.27. The molecule has 2 heterocycles. The third-order valence-corrected chi connectivity index (χ3v) is 5.44. The van der Waals surface area contributed by atoms with Gasteiger partial charge in [0, 0.05) is 24.1 Å². The maximum atomic E-state index is 12.4. The van der Waals surface area contributed by atoms with Crippen molar-refractivity contribution in [3.63, 3.8) is 0 Å². The van der Waals surface area contributed by atoms with Gasteiger partial charge >= 0.3 is 5.97 Å². The average molecular weight is 469 g/mol. The van der Waals surface area contributed by atoms with E-state index in [2.05, 4.69) is 10.3 Å². The first kappa shape index (κ1) is 24.6. The van der Waals surface area contributed by atoms with E-state index in [4.69, 9.17) is 13.9 Å². The molecule has 0 amide bonds. The van der Waals surface area contributed by atoms with E-state index in [1.54, 1.807) is 0 Å². The van der Waals surface area contributed by atoms with Crippen LogP contribution in [0.1, 0.15) is 30.4 Å². The lowest BCUT2D eigenvalue weighted by atomic mass is 9.95. The third-order valence-electron chi connectivity index (χ3n) is 5.44. The number of ether oxygens (including phenoxy) is 2. The molecule has 33 heavy (non-hydrogen) atoms. The number of oxazole rings is 1. The summed E-state index contributed by atoms with van der Waals surface area (Å²) in [7, 11) is 0. The Balaban J connectivity index is 0.00000306. The van der Waals surface area contributed by atoms with Crippen molar-refractivity contribution in [2.75, 3.05) is 26.3 Å². The van der Waals surface area contributed by atoms with Crippen molar-refractivity contribution in [3.8, 4) is 17.2 Å². The quantitative estimate of drug-likeness (QED) is 0.469. The minimum atomic E-state index is -0.231. The smallest absolute Gasteiger partial charge is 0.334 e. The lowest BCUT2D eigenvalue weighted by Crippen LogP contribution is -2.28. The number of aromatic nitrogens is 1. The van der Waals surface area contributed by atoms with Crippen LogP contribution in [0.15, 0.2) is 64.6 Å². The van der Waals surface area contributed by atoms with Crippen LogP contribution in [-0.4, -0.2) is 37.3 Å². The van der Waals surface area contributed by atoms with Gasteiger partial charge in [0.15, 0.2) is 0 Å². The van der Waals surface area contributed by atoms with Crippen LogP contribution < -0.4 is 10.1 Å². The SMILES string of the molecule is CCOC(=O)C1=C(c2cccc(OCCc3nc(-c4ccccc4)oc3C)c2)CNCC1.Cl. The first-order valence-electron chi connectivity index (χ1n) is 11.0. The van der Waals surface area contributed by atoms with E-state index in [0.717, 1.165) is 46.0 Å². The van der Waals surface area contributed by atoms with Gasteiger partial charge in [0.25, 0.3) is 0 Å². The second-order valence-corrected chi connectivity index (χ2v) is 7.62. The first-order valence-corrected chi connectivity index (χ1v) is 11.0. The summed E-state index contributed by atoms with van der Waals surface area (Å²) in [4.78, 5) is 17.0. The van der Waals surface area contributed by atoms with Crippen molar-refractivity contribution < 1.29 is 18.7 Å². The van der Waals surface area contributed by atoms with E-state index in [0.29, 0.717) is 38.5 Å². The molecular formula is C26H29ClN2O4. The zero-order valence-electron chi connectivity index (χ0n) is 18.9. The number of benzene rings is 2. The van der Waals surface area contributed by atoms with Crippen molar-refractivity contribution in [2.45, 2.75) is 26.7 Å². The van der Waals surface area contributed by atoms with E-state index < -0.39 is 0 Å². The molecule has 0 unspecified atom stereocenters. The van der Waals surface area contributed by atoms with Crippen LogP contribution in [0.4, 0.5) is 0 Å². The molecule has 0 saturated heterocycles. The Morgan fingerprint density at radius 1 is 1.12 bits per heavy atom. The van der Waals surface area contributed by atoms with Crippen molar-refractivity contribution in [3.05, 3.63) is 77.2 Å². The molecule has 3 aromatic rings. The monoisotopic (exact) mass is 468 g/mol. The van der Waals surface area contributed by atoms with E-state index in [-0.39, 0.29) is 18.4 Å². The maximum absolute atomic E-state index is 12.4. The normalized spacial score (nSPS) is 13.4. The molecule has 6 nitrogen and oxygen atoms in total. The van der Waals surface area contributed by atoms with Gasteiger partial charge in [-0.2, -0.15) is 0 Å². The molecule has 1 aromatic heterocycles. The fraction of sp³-hybridized carbons (Fsp3) is 0.308. The first-order chi connectivity index (χ1) is 15.7. The third kappa shape index (κ3) is 6.03. The minimum Gasteiger partial charge on any atom is -0.493 e. The summed E-state index contributed by atoms with van der Waals surface area (Å²) in [5, 5.41) is 3.34. The summed E-state index contributed by atoms with van der Waals surface area (Å²) in [5.74, 6) is 1.96. The number of halogens is 1. The number of nitrogens with zero attached hydrogens (tertiary/aromatic N) is 1. The highest BCUT2D eigenvalue weighted by atomic mass is 35.5. The van der Waals surface area contributed by atoms with E-state index in [1.165, 1.54) is 0 Å². The predicted octanol–water partition coefficient (Wildman–Crippen LogP) is 5.00. The van der Waals surface area contributed by atoms with Gasteiger partial charge < -0.3 is 19.2 Å². The van der Waals surface area contributed by atoms with Gasteiger partial charge in [0.05, 0.1) is 18.9 Å². The van der Waals surface area contributed by atoms with Crippen LogP contribution in [0.3, 0.4) is 0 Å². The molecule has 4 rings (SSSR count). The summed E-state index contributed by atoms with van der Waals surface area (Å²) in [6.07, 6.45) is 1.30. The molecule has 0 fully saturated rings. The van der Waals surface area contributed by atoms with Crippen LogP contribution in [0.2, 0.25) is 0 Å². The van der Waals surface area contributed by atoms with Gasteiger partial charge in [-0.15, -0.1) is 12.4 Å². The van der Waals surface area contributed by atoms with Gasteiger partial charge in [0.1, 0.15) is 11.5 Å². The van der Waals surface area contributed by atoms with Crippen LogP contribution in [0.25, 0.3) is 17.0 Å². The van der Waals surface area contributed by atoms with Gasteiger partial charge in [0.2, 0.25) is 5.89 Å². The number of aryl methyl sites for hydroxylation is 1. The lowest BCUT2D eigenvalue weighted by Gasteiger charge is -2.21. The lowest BCUT2D eigenvalue weighted by molar-refractivity contribution is -0.138. The van der Waals surface area contributed by atoms with E-state index >= 15 is 0 Å². The van der Waals surface area contributed by atoms with Crippen LogP contribution >= 0.6 is 12.4 Å². The molecule has 0 bridgehead atoms. The largest absolute Gasteiger partial charge is 0.493 e. The summed E-state index contributed by atoms with van der Waals surface area (Å²) in [6.45, 7) is 6.02. The Morgan fingerprint density at radius 3 is 2.70 bits per heavy atom. The van der Waals surface area contributed by atoms with Crippen molar-refractivity contribution in [1.29, 1.82) is 0 Å². The number of rotatable bonds is 8. The fourth-order valence-electron chi connectivity index (χ4n) is 3.81. The summed E-state index contributed by atoms with van der Waals surface area (Å²) < 4.78 is 17.1. The Kier molecular flexibility index (Phi) is 8.69. The molecule has 174 valence electrons. The molecule has 0 saturated carbocycles. The number of nitrogens with one attached hydrogen (secondary N) is 1. The van der Waals surface area contributed by atoms with E-state index in [9.17, 15) is 4.79 Å². The molecule has 0 aliphatic carbocycles. The molecule has 1 aliphatic heterocycles. The Hall–Kier alpha value is -3.09. The number of esters is 1. The standard InChI is InChI=1S/C26H28N2O4.ClH/c1-3-30-26(29)22-12-14-27-17-23(22)20-10-7-11-21(16-20)31-15-13-24-18(2)32-25(28-24)19-8-5-4-6-9-19;/h4-11,16,27H,3,12-15,17H2,1-2H3;1H. The van der Waals surface area contributed by atoms with Gasteiger partial charge in [-0.25, -0.2) is 9.78 Å². The second-order valence-electron chi connectivity index (χ2n) is 7.62. The summed E-state index contributed by atoms with van der Waals surface area (Å²) in [6, 6.07) is 17.7. The number of hydrogen-bond donors (Lipinski definition) is 1. The summed E-state index contributed by atoms with van der Waals surface area (Å²) in [5.41, 5.74) is 4.54. The number of carbonyl (C=O) groups is 1. The van der Waals surface area contributed by atoms with Gasteiger partial charge in [-0.05, 0) is 62.2 Å². The Morgan fingerprint density at radius 2 is 1.91 bits per heavy atom. The minimum absolute atomic E-state index is 0. The van der Waals surface area contributed by atoms with Crippen LogP contribution in [-0.2, 0) is 16.0 Å². The molecule has 0 atom stereocenters. The fourth-order valence-corrected chi connectivity index (χ4v) is 3.81. The van der Waals surface area contributed by atoms with Gasteiger partial charge in [-0.3, -0.25) is 0 Å². The molecule has 0 spiro atoms. The molecule has 0 radical (unpaired) electrons. The molecular weight excluding hydrogens is 440 g/mol. The highest BCUT2D eigenvalue weighted by molar-refractivity contribution is 5.98. The molecule has 1 N–H and O–H groups in total. The summed E-state index contributed by atoms with van der Waals surface area (Å²) >= 11 is 0. The van der Waals surface area contributed by atoms with Crippen LogP contribution in [0.5, 0.6) is 5.75 Å². The van der Waals surface area contributed by atoms with Crippen molar-refractivity contribution >= 4 is 23.9 Å². The predicted molar refractivity (Wildman–Crippen MR) is 131 cm³/mol. The number of carbonyl (C=O) groups excluding carboxylic acids is 1. The topological polar surface area (TPSA) is 73.6 Å². The van der Waals surface area contributed by atoms with Crippen molar-refractivity contribution in [1.82, 2.24) is 10.3 Å². The van der Waals surface area contributed by atoms with Crippen molar-refractivity contribution in [2.24, 2.45) is 0 Å². The zero-order valence-corrected chi connectivity index (χ0v) is 19.7. The highest BCUT2D eigenvalue weighted by Gasteiger charge is 2.21.